The molecular weight excluding hydrogens is 342 g/mol. The third kappa shape index (κ3) is 4.04. The van der Waals surface area contributed by atoms with E-state index in [1.165, 1.54) is 5.69 Å². The Kier molecular flexibility index (Phi) is 5.50. The van der Waals surface area contributed by atoms with Gasteiger partial charge in [0.25, 0.3) is 5.91 Å². The second kappa shape index (κ2) is 8.19. The van der Waals surface area contributed by atoms with E-state index in [4.69, 9.17) is 4.74 Å². The van der Waals surface area contributed by atoms with E-state index in [1.54, 1.807) is 6.20 Å². The molecule has 0 atom stereocenters. The third-order valence-corrected chi connectivity index (χ3v) is 5.43. The first-order valence-corrected chi connectivity index (χ1v) is 9.82. The Balaban J connectivity index is 1.42. The van der Waals surface area contributed by atoms with Gasteiger partial charge in [0.15, 0.2) is 0 Å². The molecule has 7 heteroatoms. The van der Waals surface area contributed by atoms with Crippen molar-refractivity contribution in [3.05, 3.63) is 47.3 Å². The van der Waals surface area contributed by atoms with Crippen LogP contribution >= 0.6 is 0 Å². The molecule has 4 heterocycles. The molecule has 144 valence electrons. The quantitative estimate of drug-likeness (QED) is 0.815. The Morgan fingerprint density at radius 3 is 2.67 bits per heavy atom. The van der Waals surface area contributed by atoms with Gasteiger partial charge in [-0.2, -0.15) is 0 Å². The molecule has 0 saturated carbocycles. The largest absolute Gasteiger partial charge is 0.379 e. The minimum Gasteiger partial charge on any atom is -0.379 e. The second-order valence-electron chi connectivity index (χ2n) is 7.14. The number of amides is 1. The summed E-state index contributed by atoms with van der Waals surface area (Å²) in [5.74, 6) is 1.14. The minimum atomic E-state index is 0.0608. The number of carbonyl (C=O) groups is 1. The molecule has 1 saturated heterocycles. The SMILES string of the molecule is CCc1ccc(C(=O)N2CCc3ncc(CN4CCOCC4)n3CC2)cn1. The molecule has 0 N–H and O–H groups in total. The molecule has 2 aromatic rings. The topological polar surface area (TPSA) is 63.5 Å². The van der Waals surface area contributed by atoms with Gasteiger partial charge in [-0.05, 0) is 18.6 Å². The van der Waals surface area contributed by atoms with Crippen molar-refractivity contribution in [2.24, 2.45) is 0 Å². The van der Waals surface area contributed by atoms with Crippen molar-refractivity contribution in [3.8, 4) is 0 Å². The number of carbonyl (C=O) groups excluding carboxylic acids is 1. The third-order valence-electron chi connectivity index (χ3n) is 5.43. The summed E-state index contributed by atoms with van der Waals surface area (Å²) in [6, 6.07) is 3.83. The zero-order chi connectivity index (χ0) is 18.6. The predicted octanol–water partition coefficient (Wildman–Crippen LogP) is 1.37. The van der Waals surface area contributed by atoms with Crippen molar-refractivity contribution in [3.63, 3.8) is 0 Å². The highest BCUT2D eigenvalue weighted by molar-refractivity contribution is 5.93. The highest BCUT2D eigenvalue weighted by Crippen LogP contribution is 2.16. The summed E-state index contributed by atoms with van der Waals surface area (Å²) in [7, 11) is 0. The lowest BCUT2D eigenvalue weighted by molar-refractivity contribution is 0.0331. The number of morpholine rings is 1. The number of pyridine rings is 1. The Morgan fingerprint density at radius 1 is 1.07 bits per heavy atom. The van der Waals surface area contributed by atoms with E-state index < -0.39 is 0 Å². The molecule has 0 spiro atoms. The summed E-state index contributed by atoms with van der Waals surface area (Å²) in [6.45, 7) is 8.68. The first-order chi connectivity index (χ1) is 13.2. The molecular formula is C20H27N5O2. The van der Waals surface area contributed by atoms with Crippen LogP contribution in [0.3, 0.4) is 0 Å². The van der Waals surface area contributed by atoms with Crippen LogP contribution in [0.5, 0.6) is 0 Å². The molecule has 4 rings (SSSR count). The molecule has 27 heavy (non-hydrogen) atoms. The van der Waals surface area contributed by atoms with Gasteiger partial charge in [-0.15, -0.1) is 0 Å². The Labute approximate surface area is 160 Å². The standard InChI is InChI=1S/C20H27N5O2/c1-2-17-4-3-16(13-21-17)20(26)24-6-5-19-22-14-18(25(19)8-7-24)15-23-9-11-27-12-10-23/h3-4,13-14H,2,5-12,15H2,1H3. The molecule has 1 fully saturated rings. The van der Waals surface area contributed by atoms with Crippen LogP contribution in [-0.2, 0) is 30.7 Å². The summed E-state index contributed by atoms with van der Waals surface area (Å²) in [6.07, 6.45) is 5.37. The van der Waals surface area contributed by atoms with Crippen LogP contribution < -0.4 is 0 Å². The van der Waals surface area contributed by atoms with Crippen molar-refractivity contribution in [2.45, 2.75) is 32.9 Å². The number of aryl methyl sites for hydroxylation is 1. The number of nitrogens with zero attached hydrogens (tertiary/aromatic N) is 5. The van der Waals surface area contributed by atoms with E-state index in [0.717, 1.165) is 63.8 Å². The molecule has 0 aromatic carbocycles. The van der Waals surface area contributed by atoms with Crippen molar-refractivity contribution in [1.29, 1.82) is 0 Å². The van der Waals surface area contributed by atoms with Crippen LogP contribution in [-0.4, -0.2) is 69.6 Å². The van der Waals surface area contributed by atoms with Crippen molar-refractivity contribution < 1.29 is 9.53 Å². The minimum absolute atomic E-state index is 0.0608. The molecule has 7 nitrogen and oxygen atoms in total. The van der Waals surface area contributed by atoms with Gasteiger partial charge >= 0.3 is 0 Å². The monoisotopic (exact) mass is 369 g/mol. The van der Waals surface area contributed by atoms with Crippen molar-refractivity contribution in [2.75, 3.05) is 39.4 Å². The van der Waals surface area contributed by atoms with Gasteiger partial charge in [0.1, 0.15) is 5.82 Å². The lowest BCUT2D eigenvalue weighted by Crippen LogP contribution is -2.36. The van der Waals surface area contributed by atoms with Gasteiger partial charge in [0, 0.05) is 63.8 Å². The Morgan fingerprint density at radius 2 is 1.93 bits per heavy atom. The molecule has 0 radical (unpaired) electrons. The van der Waals surface area contributed by atoms with Crippen LogP contribution in [0.25, 0.3) is 0 Å². The predicted molar refractivity (Wildman–Crippen MR) is 102 cm³/mol. The Bertz CT molecular complexity index is 780. The number of aromatic nitrogens is 3. The smallest absolute Gasteiger partial charge is 0.255 e. The van der Waals surface area contributed by atoms with E-state index in [0.29, 0.717) is 18.7 Å². The van der Waals surface area contributed by atoms with Gasteiger partial charge in [-0.25, -0.2) is 4.98 Å². The zero-order valence-corrected chi connectivity index (χ0v) is 15.9. The highest BCUT2D eigenvalue weighted by atomic mass is 16.5. The number of fused-ring (bicyclic) bond motifs is 1. The van der Waals surface area contributed by atoms with Crippen LogP contribution in [0.1, 0.15) is 34.5 Å². The van der Waals surface area contributed by atoms with Gasteiger partial charge in [0.2, 0.25) is 0 Å². The fraction of sp³-hybridized carbons (Fsp3) is 0.550. The number of hydrogen-bond donors (Lipinski definition) is 0. The lowest BCUT2D eigenvalue weighted by Gasteiger charge is -2.27. The zero-order valence-electron chi connectivity index (χ0n) is 15.9. The molecule has 2 aliphatic rings. The van der Waals surface area contributed by atoms with E-state index in [-0.39, 0.29) is 5.91 Å². The summed E-state index contributed by atoms with van der Waals surface area (Å²) >= 11 is 0. The maximum Gasteiger partial charge on any atom is 0.255 e. The van der Waals surface area contributed by atoms with E-state index in [1.807, 2.05) is 23.2 Å². The second-order valence-corrected chi connectivity index (χ2v) is 7.14. The van der Waals surface area contributed by atoms with Gasteiger partial charge < -0.3 is 14.2 Å². The maximum absolute atomic E-state index is 12.9. The average molecular weight is 369 g/mol. The van der Waals surface area contributed by atoms with E-state index in [2.05, 4.69) is 26.4 Å². The van der Waals surface area contributed by atoms with Crippen LogP contribution in [0.2, 0.25) is 0 Å². The summed E-state index contributed by atoms with van der Waals surface area (Å²) in [5.41, 5.74) is 2.91. The number of hydrogen-bond acceptors (Lipinski definition) is 5. The summed E-state index contributed by atoms with van der Waals surface area (Å²) in [5, 5.41) is 0. The highest BCUT2D eigenvalue weighted by Gasteiger charge is 2.23. The van der Waals surface area contributed by atoms with E-state index in [9.17, 15) is 4.79 Å². The van der Waals surface area contributed by atoms with Crippen LogP contribution in [0, 0.1) is 0 Å². The normalized spacial score (nSPS) is 18.2. The van der Waals surface area contributed by atoms with Crippen LogP contribution in [0.15, 0.2) is 24.5 Å². The fourth-order valence-corrected chi connectivity index (χ4v) is 3.75. The summed E-state index contributed by atoms with van der Waals surface area (Å²) in [4.78, 5) is 26.2. The van der Waals surface area contributed by atoms with Crippen molar-refractivity contribution in [1.82, 2.24) is 24.3 Å². The first-order valence-electron chi connectivity index (χ1n) is 9.82. The Hall–Kier alpha value is -2.25. The number of imidazole rings is 1. The molecule has 1 amide bonds. The number of rotatable bonds is 4. The maximum atomic E-state index is 12.9. The van der Waals surface area contributed by atoms with Gasteiger partial charge in [-0.1, -0.05) is 6.92 Å². The van der Waals surface area contributed by atoms with Crippen LogP contribution in [0.4, 0.5) is 0 Å². The molecule has 2 aromatic heterocycles. The molecule has 2 aliphatic heterocycles. The average Bonchev–Trinajstić information content (AvgIpc) is 2.96. The summed E-state index contributed by atoms with van der Waals surface area (Å²) < 4.78 is 7.73. The van der Waals surface area contributed by atoms with Gasteiger partial charge in [0.05, 0.1) is 24.5 Å². The van der Waals surface area contributed by atoms with Crippen molar-refractivity contribution >= 4 is 5.91 Å². The first kappa shape index (κ1) is 18.1. The molecule has 0 bridgehead atoms. The molecule has 0 unspecified atom stereocenters. The fourth-order valence-electron chi connectivity index (χ4n) is 3.75. The number of ether oxygens (including phenoxy) is 1. The van der Waals surface area contributed by atoms with Gasteiger partial charge in [-0.3, -0.25) is 14.7 Å². The lowest BCUT2D eigenvalue weighted by atomic mass is 10.2. The van der Waals surface area contributed by atoms with E-state index >= 15 is 0 Å². The molecule has 0 aliphatic carbocycles.